The first-order chi connectivity index (χ1) is 13.5. The summed E-state index contributed by atoms with van der Waals surface area (Å²) in [6.45, 7) is 7.54. The van der Waals surface area contributed by atoms with E-state index in [0.29, 0.717) is 15.9 Å². The number of nitrogens with zero attached hydrogens (tertiary/aromatic N) is 4. The second-order valence-electron chi connectivity index (χ2n) is 6.73. The Balaban J connectivity index is 1.99. The molecule has 2 atom stereocenters. The highest BCUT2D eigenvalue weighted by atomic mass is 35.5. The Hall–Kier alpha value is -1.93. The Morgan fingerprint density at radius 3 is 2.64 bits per heavy atom. The Kier molecular flexibility index (Phi) is 6.72. The number of carbonyl (C=O) groups is 1. The van der Waals surface area contributed by atoms with E-state index in [2.05, 4.69) is 29.5 Å². The second-order valence-corrected chi connectivity index (χ2v) is 8.25. The summed E-state index contributed by atoms with van der Waals surface area (Å²) in [5.74, 6) is 1.46. The van der Waals surface area contributed by atoms with Gasteiger partial charge in [0, 0.05) is 13.1 Å². The minimum atomic E-state index is -0.362. The van der Waals surface area contributed by atoms with E-state index in [0.717, 1.165) is 37.3 Å². The molecule has 2 aromatic rings. The van der Waals surface area contributed by atoms with E-state index < -0.39 is 0 Å². The largest absolute Gasteiger partial charge is 0.495 e. The van der Waals surface area contributed by atoms with Gasteiger partial charge in [-0.3, -0.25) is 4.79 Å². The van der Waals surface area contributed by atoms with Crippen LogP contribution < -0.4 is 10.2 Å². The Labute approximate surface area is 174 Å². The molecule has 0 saturated carbocycles. The highest BCUT2D eigenvalue weighted by Crippen LogP contribution is 2.39. The fourth-order valence-electron chi connectivity index (χ4n) is 3.33. The van der Waals surface area contributed by atoms with Crippen LogP contribution in [0.25, 0.3) is 0 Å². The number of fused-ring (bicyclic) bond motifs is 1. The van der Waals surface area contributed by atoms with Gasteiger partial charge in [0.15, 0.2) is 0 Å². The lowest BCUT2D eigenvalue weighted by atomic mass is 10.0. The zero-order chi connectivity index (χ0) is 20.3. The number of benzene rings is 1. The monoisotopic (exact) mass is 423 g/mol. The molecule has 7 nitrogen and oxygen atoms in total. The lowest BCUT2D eigenvalue weighted by molar-refractivity contribution is -0.131. The smallest absolute Gasteiger partial charge is 0.238 e. The second kappa shape index (κ2) is 9.05. The lowest BCUT2D eigenvalue weighted by Gasteiger charge is -2.36. The Bertz CT molecular complexity index is 838. The predicted molar refractivity (Wildman–Crippen MR) is 112 cm³/mol. The zero-order valence-electron chi connectivity index (χ0n) is 16.6. The molecular weight excluding hydrogens is 398 g/mol. The number of ether oxygens (including phenoxy) is 1. The van der Waals surface area contributed by atoms with Gasteiger partial charge in [-0.1, -0.05) is 43.3 Å². The van der Waals surface area contributed by atoms with Gasteiger partial charge >= 0.3 is 0 Å². The number of aryl methyl sites for hydroxylation is 1. The van der Waals surface area contributed by atoms with Crippen molar-refractivity contribution < 1.29 is 9.53 Å². The van der Waals surface area contributed by atoms with Crippen LogP contribution in [0.2, 0.25) is 5.02 Å². The first-order valence-corrected chi connectivity index (χ1v) is 10.7. The van der Waals surface area contributed by atoms with Gasteiger partial charge in [-0.2, -0.15) is 0 Å². The molecular formula is C19H26ClN5O2S. The van der Waals surface area contributed by atoms with Crippen LogP contribution in [0.3, 0.4) is 0 Å². The summed E-state index contributed by atoms with van der Waals surface area (Å²) >= 11 is 7.81. The van der Waals surface area contributed by atoms with Crippen LogP contribution in [-0.4, -0.2) is 51.1 Å². The molecule has 9 heteroatoms. The molecule has 152 valence electrons. The molecule has 3 rings (SSSR count). The summed E-state index contributed by atoms with van der Waals surface area (Å²) in [6.07, 6.45) is 1.84. The number of carbonyl (C=O) groups excluding carboxylic acids is 1. The lowest BCUT2D eigenvalue weighted by Crippen LogP contribution is -2.46. The van der Waals surface area contributed by atoms with Crippen LogP contribution in [-0.2, 0) is 4.79 Å². The third-order valence-electron chi connectivity index (χ3n) is 4.68. The van der Waals surface area contributed by atoms with E-state index in [9.17, 15) is 4.79 Å². The summed E-state index contributed by atoms with van der Waals surface area (Å²) < 4.78 is 7.10. The molecule has 1 N–H and O–H groups in total. The molecule has 1 aromatic carbocycles. The summed E-state index contributed by atoms with van der Waals surface area (Å²) in [4.78, 5) is 15.4. The van der Waals surface area contributed by atoms with Gasteiger partial charge in [-0.15, -0.1) is 10.2 Å². The van der Waals surface area contributed by atoms with E-state index in [-0.39, 0.29) is 17.2 Å². The number of rotatable bonds is 7. The highest BCUT2D eigenvalue weighted by Gasteiger charge is 2.39. The van der Waals surface area contributed by atoms with Crippen molar-refractivity contribution in [3.63, 3.8) is 0 Å². The molecule has 0 spiro atoms. The molecule has 0 bridgehead atoms. The Morgan fingerprint density at radius 1 is 1.32 bits per heavy atom. The van der Waals surface area contributed by atoms with Crippen LogP contribution in [0.4, 0.5) is 0 Å². The molecule has 0 aliphatic carbocycles. The summed E-state index contributed by atoms with van der Waals surface area (Å²) in [7, 11) is 1.59. The molecule has 0 saturated heterocycles. The van der Waals surface area contributed by atoms with E-state index in [1.807, 2.05) is 34.7 Å². The van der Waals surface area contributed by atoms with Crippen molar-refractivity contribution in [3.8, 4) is 5.75 Å². The van der Waals surface area contributed by atoms with Crippen LogP contribution in [0.5, 0.6) is 5.75 Å². The van der Waals surface area contributed by atoms with Gasteiger partial charge in [0.2, 0.25) is 11.1 Å². The fraction of sp³-hybridized carbons (Fsp3) is 0.526. The van der Waals surface area contributed by atoms with Crippen molar-refractivity contribution in [1.29, 1.82) is 0 Å². The van der Waals surface area contributed by atoms with Gasteiger partial charge in [-0.05, 0) is 37.5 Å². The first kappa shape index (κ1) is 20.8. The first-order valence-electron chi connectivity index (χ1n) is 9.47. The molecule has 1 aromatic heterocycles. The number of nitrogens with one attached hydrogen (secondary N) is 1. The number of thioether (sulfide) groups is 1. The average molecular weight is 424 g/mol. The van der Waals surface area contributed by atoms with Gasteiger partial charge in [-0.25, -0.2) is 4.68 Å². The minimum Gasteiger partial charge on any atom is -0.495 e. The van der Waals surface area contributed by atoms with Crippen LogP contribution >= 0.6 is 23.4 Å². The molecule has 28 heavy (non-hydrogen) atoms. The van der Waals surface area contributed by atoms with Crippen molar-refractivity contribution in [1.82, 2.24) is 19.8 Å². The predicted octanol–water partition coefficient (Wildman–Crippen LogP) is 3.66. The molecule has 0 radical (unpaired) electrons. The molecule has 1 aliphatic heterocycles. The van der Waals surface area contributed by atoms with Crippen molar-refractivity contribution in [2.24, 2.45) is 0 Å². The molecule has 1 amide bonds. The van der Waals surface area contributed by atoms with Gasteiger partial charge < -0.3 is 15.1 Å². The van der Waals surface area contributed by atoms with Crippen LogP contribution in [0, 0.1) is 6.92 Å². The molecule has 0 fully saturated rings. The summed E-state index contributed by atoms with van der Waals surface area (Å²) in [5.41, 5.74) is 4.34. The minimum absolute atomic E-state index is 0.102. The highest BCUT2D eigenvalue weighted by molar-refractivity contribution is 8.00. The SMILES string of the molecule is CCCN(CCC)C(=O)[C@@H]1Sc2nnc(C)n2N[C@@H]1c1ccc(OC)c(Cl)c1. The normalized spacial score (nSPS) is 18.3. The zero-order valence-corrected chi connectivity index (χ0v) is 18.2. The number of hydrogen-bond acceptors (Lipinski definition) is 6. The number of hydrogen-bond donors (Lipinski definition) is 1. The number of aromatic nitrogens is 3. The van der Waals surface area contributed by atoms with E-state index in [1.54, 1.807) is 7.11 Å². The van der Waals surface area contributed by atoms with Crippen molar-refractivity contribution >= 4 is 29.3 Å². The molecule has 1 aliphatic rings. The van der Waals surface area contributed by atoms with Gasteiger partial charge in [0.1, 0.15) is 16.8 Å². The number of amides is 1. The number of halogens is 1. The van der Waals surface area contributed by atoms with E-state index >= 15 is 0 Å². The fourth-order valence-corrected chi connectivity index (χ4v) is 4.80. The third-order valence-corrected chi connectivity index (χ3v) is 6.17. The van der Waals surface area contributed by atoms with Crippen LogP contribution in [0.1, 0.15) is 44.1 Å². The van der Waals surface area contributed by atoms with Gasteiger partial charge in [0.25, 0.3) is 0 Å². The molecule has 0 unspecified atom stereocenters. The topological polar surface area (TPSA) is 72.3 Å². The summed E-state index contributed by atoms with van der Waals surface area (Å²) in [5, 5.41) is 9.20. The van der Waals surface area contributed by atoms with Crippen molar-refractivity contribution in [3.05, 3.63) is 34.6 Å². The van der Waals surface area contributed by atoms with Crippen molar-refractivity contribution in [2.75, 3.05) is 25.6 Å². The Morgan fingerprint density at radius 2 is 2.04 bits per heavy atom. The van der Waals surface area contributed by atoms with Crippen molar-refractivity contribution in [2.45, 2.75) is 50.1 Å². The molecule has 2 heterocycles. The third kappa shape index (κ3) is 4.07. The summed E-state index contributed by atoms with van der Waals surface area (Å²) in [6, 6.07) is 5.36. The average Bonchev–Trinajstić information content (AvgIpc) is 3.06. The van der Waals surface area contributed by atoms with Crippen LogP contribution in [0.15, 0.2) is 23.4 Å². The maximum Gasteiger partial charge on any atom is 0.238 e. The number of methoxy groups -OCH3 is 1. The van der Waals surface area contributed by atoms with E-state index in [4.69, 9.17) is 16.3 Å². The van der Waals surface area contributed by atoms with Gasteiger partial charge in [0.05, 0.1) is 18.2 Å². The maximum atomic E-state index is 13.4. The quantitative estimate of drug-likeness (QED) is 0.732. The van der Waals surface area contributed by atoms with E-state index in [1.165, 1.54) is 11.8 Å². The standard InChI is InChI=1S/C19H26ClN5O2S/c1-5-9-24(10-6-2)18(26)17-16(13-7-8-15(27-4)14(20)11-13)23-25-12(3)21-22-19(25)28-17/h7-8,11,16-17,23H,5-6,9-10H2,1-4H3/t16-,17-/m1/s1. The maximum absolute atomic E-state index is 13.4.